The van der Waals surface area contributed by atoms with Gasteiger partial charge in [-0.3, -0.25) is 14.7 Å². The normalized spacial score (nSPS) is 12.9. The van der Waals surface area contributed by atoms with Gasteiger partial charge in [0.05, 0.1) is 6.54 Å². The fourth-order valence-corrected chi connectivity index (χ4v) is 2.04. The van der Waals surface area contributed by atoms with Gasteiger partial charge in [-0.25, -0.2) is 0 Å². The van der Waals surface area contributed by atoms with E-state index in [0.717, 1.165) is 12.1 Å². The van der Waals surface area contributed by atoms with Crippen LogP contribution in [-0.2, 0) is 4.79 Å². The summed E-state index contributed by atoms with van der Waals surface area (Å²) in [6, 6.07) is 3.82. The largest absolute Gasteiger partial charge is 0.369 e. The zero-order chi connectivity index (χ0) is 13.5. The molecule has 5 nitrogen and oxygen atoms in total. The van der Waals surface area contributed by atoms with E-state index in [4.69, 9.17) is 11.5 Å². The molecule has 0 bridgehead atoms. The molecule has 0 aliphatic rings. The summed E-state index contributed by atoms with van der Waals surface area (Å²) in [6.07, 6.45) is 3.50. The molecule has 5 heteroatoms. The Bertz CT molecular complexity index is 367. The summed E-state index contributed by atoms with van der Waals surface area (Å²) in [5, 5.41) is 0. The monoisotopic (exact) mass is 250 g/mol. The van der Waals surface area contributed by atoms with E-state index in [1.807, 2.05) is 17.0 Å². The smallest absolute Gasteiger partial charge is 0.231 e. The van der Waals surface area contributed by atoms with Gasteiger partial charge in [0, 0.05) is 31.5 Å². The molecule has 0 saturated heterocycles. The van der Waals surface area contributed by atoms with E-state index in [0.29, 0.717) is 12.5 Å². The lowest BCUT2D eigenvalue weighted by molar-refractivity contribution is -0.119. The quantitative estimate of drug-likeness (QED) is 0.739. The average molecular weight is 250 g/mol. The molecule has 0 aliphatic heterocycles. The maximum Gasteiger partial charge on any atom is 0.231 e. The molecule has 0 aliphatic carbocycles. The zero-order valence-corrected chi connectivity index (χ0v) is 11.0. The predicted octanol–water partition coefficient (Wildman–Crippen LogP) is 0.525. The molecule has 18 heavy (non-hydrogen) atoms. The van der Waals surface area contributed by atoms with Crippen molar-refractivity contribution in [3.8, 4) is 0 Å². The third-order valence-electron chi connectivity index (χ3n) is 2.69. The summed E-state index contributed by atoms with van der Waals surface area (Å²) >= 11 is 0. The SMILES string of the molecule is CC(C)CN(CC(N)=O)C(CN)c1cccnc1. The summed E-state index contributed by atoms with van der Waals surface area (Å²) in [5.74, 6) is 0.105. The Morgan fingerprint density at radius 2 is 2.22 bits per heavy atom. The fourth-order valence-electron chi connectivity index (χ4n) is 2.04. The van der Waals surface area contributed by atoms with Gasteiger partial charge in [0.2, 0.25) is 5.91 Å². The first-order valence-corrected chi connectivity index (χ1v) is 6.17. The summed E-state index contributed by atoms with van der Waals surface area (Å²) in [6.45, 7) is 5.63. The van der Waals surface area contributed by atoms with Crippen molar-refractivity contribution in [1.29, 1.82) is 0 Å². The minimum Gasteiger partial charge on any atom is -0.369 e. The Morgan fingerprint density at radius 1 is 1.50 bits per heavy atom. The number of primary amides is 1. The molecule has 1 aromatic rings. The Morgan fingerprint density at radius 3 is 2.67 bits per heavy atom. The highest BCUT2D eigenvalue weighted by Crippen LogP contribution is 2.19. The van der Waals surface area contributed by atoms with E-state index in [2.05, 4.69) is 18.8 Å². The van der Waals surface area contributed by atoms with Crippen LogP contribution in [-0.4, -0.2) is 35.4 Å². The van der Waals surface area contributed by atoms with Gasteiger partial charge in [0.15, 0.2) is 0 Å². The first-order chi connectivity index (χ1) is 8.54. The topological polar surface area (TPSA) is 85.2 Å². The highest BCUT2D eigenvalue weighted by atomic mass is 16.1. The number of amides is 1. The molecule has 1 aromatic heterocycles. The first kappa shape index (κ1) is 14.6. The van der Waals surface area contributed by atoms with Crippen LogP contribution >= 0.6 is 0 Å². The number of rotatable bonds is 7. The lowest BCUT2D eigenvalue weighted by Crippen LogP contribution is -2.41. The molecule has 0 spiro atoms. The Kier molecular flexibility index (Phi) is 5.74. The third kappa shape index (κ3) is 4.43. The Labute approximate surface area is 108 Å². The number of carbonyl (C=O) groups excluding carboxylic acids is 1. The van der Waals surface area contributed by atoms with Crippen molar-refractivity contribution in [2.75, 3.05) is 19.6 Å². The second-order valence-corrected chi connectivity index (χ2v) is 4.83. The first-order valence-electron chi connectivity index (χ1n) is 6.17. The second-order valence-electron chi connectivity index (χ2n) is 4.83. The molecule has 1 atom stereocenters. The number of hydrogen-bond acceptors (Lipinski definition) is 4. The van der Waals surface area contributed by atoms with Gasteiger partial charge in [-0.05, 0) is 17.5 Å². The second kappa shape index (κ2) is 7.08. The zero-order valence-electron chi connectivity index (χ0n) is 11.0. The van der Waals surface area contributed by atoms with Crippen molar-refractivity contribution in [1.82, 2.24) is 9.88 Å². The molecule has 0 fully saturated rings. The van der Waals surface area contributed by atoms with Gasteiger partial charge < -0.3 is 11.5 Å². The molecular weight excluding hydrogens is 228 g/mol. The maximum atomic E-state index is 11.2. The summed E-state index contributed by atoms with van der Waals surface area (Å²) < 4.78 is 0. The van der Waals surface area contributed by atoms with Crippen LogP contribution in [0.5, 0.6) is 0 Å². The van der Waals surface area contributed by atoms with Gasteiger partial charge in [-0.1, -0.05) is 19.9 Å². The van der Waals surface area contributed by atoms with E-state index in [1.54, 1.807) is 12.4 Å². The molecular formula is C13H22N4O. The minimum absolute atomic E-state index is 0.0198. The van der Waals surface area contributed by atoms with Crippen molar-refractivity contribution in [2.24, 2.45) is 17.4 Å². The van der Waals surface area contributed by atoms with Crippen molar-refractivity contribution in [3.63, 3.8) is 0 Å². The van der Waals surface area contributed by atoms with Crippen molar-refractivity contribution >= 4 is 5.91 Å². The van der Waals surface area contributed by atoms with Crippen molar-refractivity contribution < 1.29 is 4.79 Å². The van der Waals surface area contributed by atoms with Crippen LogP contribution in [0, 0.1) is 5.92 Å². The molecule has 1 unspecified atom stereocenters. The lowest BCUT2D eigenvalue weighted by Gasteiger charge is -2.31. The summed E-state index contributed by atoms with van der Waals surface area (Å²) in [7, 11) is 0. The number of nitrogens with two attached hydrogens (primary N) is 2. The molecule has 0 radical (unpaired) electrons. The van der Waals surface area contributed by atoms with Gasteiger partial charge in [-0.2, -0.15) is 0 Å². The standard InChI is InChI=1S/C13H22N4O/c1-10(2)8-17(9-13(15)18)12(6-14)11-4-3-5-16-7-11/h3-5,7,10,12H,6,8-9,14H2,1-2H3,(H2,15,18). The highest BCUT2D eigenvalue weighted by molar-refractivity contribution is 5.76. The van der Waals surface area contributed by atoms with E-state index in [9.17, 15) is 4.79 Å². The van der Waals surface area contributed by atoms with E-state index in [1.165, 1.54) is 0 Å². The van der Waals surface area contributed by atoms with Crippen LogP contribution in [0.25, 0.3) is 0 Å². The molecule has 1 heterocycles. The van der Waals surface area contributed by atoms with Crippen LogP contribution < -0.4 is 11.5 Å². The summed E-state index contributed by atoms with van der Waals surface area (Å²) in [5.41, 5.74) is 12.2. The molecule has 1 amide bonds. The minimum atomic E-state index is -0.335. The van der Waals surface area contributed by atoms with Gasteiger partial charge >= 0.3 is 0 Å². The number of aromatic nitrogens is 1. The van der Waals surface area contributed by atoms with E-state index in [-0.39, 0.29) is 18.5 Å². The Balaban J connectivity index is 2.89. The van der Waals surface area contributed by atoms with Crippen LogP contribution in [0.1, 0.15) is 25.5 Å². The number of nitrogens with zero attached hydrogens (tertiary/aromatic N) is 2. The summed E-state index contributed by atoms with van der Waals surface area (Å²) in [4.78, 5) is 17.3. The fraction of sp³-hybridized carbons (Fsp3) is 0.538. The molecule has 100 valence electrons. The average Bonchev–Trinajstić information content (AvgIpc) is 2.29. The van der Waals surface area contributed by atoms with Crippen molar-refractivity contribution in [2.45, 2.75) is 19.9 Å². The van der Waals surface area contributed by atoms with E-state index < -0.39 is 0 Å². The van der Waals surface area contributed by atoms with Crippen LogP contribution in [0.15, 0.2) is 24.5 Å². The van der Waals surface area contributed by atoms with Gasteiger partial charge in [-0.15, -0.1) is 0 Å². The third-order valence-corrected chi connectivity index (χ3v) is 2.69. The molecule has 4 N–H and O–H groups in total. The maximum absolute atomic E-state index is 11.2. The van der Waals surface area contributed by atoms with Crippen LogP contribution in [0.3, 0.4) is 0 Å². The van der Waals surface area contributed by atoms with Crippen molar-refractivity contribution in [3.05, 3.63) is 30.1 Å². The van der Waals surface area contributed by atoms with Gasteiger partial charge in [0.25, 0.3) is 0 Å². The lowest BCUT2D eigenvalue weighted by atomic mass is 10.1. The number of pyridine rings is 1. The number of carbonyl (C=O) groups is 1. The molecule has 0 aromatic carbocycles. The van der Waals surface area contributed by atoms with Crippen LogP contribution in [0.4, 0.5) is 0 Å². The molecule has 1 rings (SSSR count). The van der Waals surface area contributed by atoms with Gasteiger partial charge in [0.1, 0.15) is 0 Å². The number of hydrogen-bond donors (Lipinski definition) is 2. The Hall–Kier alpha value is -1.46. The highest BCUT2D eigenvalue weighted by Gasteiger charge is 2.21. The van der Waals surface area contributed by atoms with Crippen LogP contribution in [0.2, 0.25) is 0 Å². The molecule has 0 saturated carbocycles. The van der Waals surface area contributed by atoms with E-state index >= 15 is 0 Å². The predicted molar refractivity (Wildman–Crippen MR) is 71.6 cm³/mol.